The summed E-state index contributed by atoms with van der Waals surface area (Å²) < 4.78 is 16.3. The standard InChI is InChI=1S/C20H16FN7OS/c21-16-4-1-12(10-22)9-15(16)17-11-27(26-29-17)20(30)19-25-24-18(28(19)14-2-3-14)13-5-7-23-8-6-13/h1,4-9,11,14,20,26,30H,2-3H2. The highest BCUT2D eigenvalue weighted by Gasteiger charge is 2.34. The molecule has 1 aliphatic carbocycles. The van der Waals surface area contributed by atoms with Crippen molar-refractivity contribution in [3.8, 4) is 17.5 Å². The van der Waals surface area contributed by atoms with E-state index in [0.717, 1.165) is 24.2 Å². The first kappa shape index (κ1) is 18.6. The summed E-state index contributed by atoms with van der Waals surface area (Å²) in [4.78, 5) is 9.51. The van der Waals surface area contributed by atoms with Crippen LogP contribution in [-0.2, 0) is 4.84 Å². The van der Waals surface area contributed by atoms with Crippen LogP contribution in [0.2, 0.25) is 0 Å². The molecule has 3 aromatic rings. The highest BCUT2D eigenvalue weighted by Crippen LogP contribution is 2.41. The molecule has 1 aromatic carbocycles. The van der Waals surface area contributed by atoms with Gasteiger partial charge in [0.1, 0.15) is 5.82 Å². The Morgan fingerprint density at radius 2 is 2.03 bits per heavy atom. The van der Waals surface area contributed by atoms with Crippen LogP contribution in [0.3, 0.4) is 0 Å². The van der Waals surface area contributed by atoms with Gasteiger partial charge in [0.25, 0.3) is 0 Å². The molecule has 0 saturated heterocycles. The topological polar surface area (TPSA) is 91.9 Å². The quantitative estimate of drug-likeness (QED) is 0.610. The summed E-state index contributed by atoms with van der Waals surface area (Å²) in [6.45, 7) is 0. The Morgan fingerprint density at radius 1 is 1.23 bits per heavy atom. The molecule has 3 heterocycles. The predicted octanol–water partition coefficient (Wildman–Crippen LogP) is 3.36. The van der Waals surface area contributed by atoms with E-state index in [1.54, 1.807) is 23.6 Å². The Labute approximate surface area is 177 Å². The van der Waals surface area contributed by atoms with Crippen LogP contribution in [0, 0.1) is 17.1 Å². The summed E-state index contributed by atoms with van der Waals surface area (Å²) in [5.74, 6) is 1.16. The Balaban J connectivity index is 1.47. The maximum absolute atomic E-state index is 14.3. The minimum absolute atomic E-state index is 0.186. The third-order valence-electron chi connectivity index (χ3n) is 4.95. The fourth-order valence-corrected chi connectivity index (χ4v) is 3.59. The molecular formula is C20H16FN7OS. The Hall–Kier alpha value is -3.42. The lowest BCUT2D eigenvalue weighted by Crippen LogP contribution is -2.31. The molecule has 8 nitrogen and oxygen atoms in total. The summed E-state index contributed by atoms with van der Waals surface area (Å²) in [6.07, 6.45) is 7.11. The molecule has 5 rings (SSSR count). The van der Waals surface area contributed by atoms with Crippen molar-refractivity contribution in [2.75, 3.05) is 0 Å². The molecule has 2 aliphatic rings. The summed E-state index contributed by atoms with van der Waals surface area (Å²) in [7, 11) is 0. The van der Waals surface area contributed by atoms with Crippen molar-refractivity contribution in [3.05, 3.63) is 71.7 Å². The van der Waals surface area contributed by atoms with E-state index in [9.17, 15) is 4.39 Å². The van der Waals surface area contributed by atoms with Gasteiger partial charge in [0, 0.05) is 24.0 Å². The molecule has 0 bridgehead atoms. The highest BCUT2D eigenvalue weighted by atomic mass is 32.1. The fraction of sp³-hybridized carbons (Fsp3) is 0.200. The number of nitrogens with one attached hydrogen (secondary N) is 1. The monoisotopic (exact) mass is 421 g/mol. The van der Waals surface area contributed by atoms with Crippen LogP contribution in [0.25, 0.3) is 17.1 Å². The van der Waals surface area contributed by atoms with Crippen LogP contribution in [0.4, 0.5) is 4.39 Å². The number of hydrogen-bond acceptors (Lipinski definition) is 8. The van der Waals surface area contributed by atoms with E-state index in [4.69, 9.17) is 22.7 Å². The van der Waals surface area contributed by atoms with Crippen molar-refractivity contribution in [2.24, 2.45) is 0 Å². The molecule has 1 unspecified atom stereocenters. The Kier molecular flexibility index (Phi) is 4.61. The number of rotatable bonds is 5. The molecule has 1 aliphatic heterocycles. The van der Waals surface area contributed by atoms with Gasteiger partial charge >= 0.3 is 0 Å². The second-order valence-electron chi connectivity index (χ2n) is 6.99. The lowest BCUT2D eigenvalue weighted by Gasteiger charge is -2.21. The van der Waals surface area contributed by atoms with E-state index in [1.165, 1.54) is 18.2 Å². The zero-order valence-electron chi connectivity index (χ0n) is 15.6. The Bertz CT molecular complexity index is 1170. The van der Waals surface area contributed by atoms with Gasteiger partial charge in [-0.3, -0.25) is 9.99 Å². The summed E-state index contributed by atoms with van der Waals surface area (Å²) >= 11 is 4.71. The van der Waals surface area contributed by atoms with Gasteiger partial charge < -0.3 is 9.40 Å². The first-order valence-corrected chi connectivity index (χ1v) is 9.83. The second kappa shape index (κ2) is 7.44. The number of pyridine rings is 1. The Morgan fingerprint density at radius 3 is 2.77 bits per heavy atom. The van der Waals surface area contributed by atoms with Gasteiger partial charge in [0.05, 0.1) is 23.4 Å². The first-order chi connectivity index (χ1) is 14.7. The highest BCUT2D eigenvalue weighted by molar-refractivity contribution is 7.80. The minimum atomic E-state index is -0.534. The van der Waals surface area contributed by atoms with Gasteiger partial charge in [-0.05, 0) is 43.2 Å². The number of nitriles is 1. The average molecular weight is 421 g/mol. The zero-order valence-corrected chi connectivity index (χ0v) is 16.5. The number of halogens is 1. The molecule has 30 heavy (non-hydrogen) atoms. The second-order valence-corrected chi connectivity index (χ2v) is 7.48. The molecule has 1 N–H and O–H groups in total. The molecule has 0 radical (unpaired) electrons. The van der Waals surface area contributed by atoms with E-state index in [1.807, 2.05) is 18.2 Å². The molecule has 0 amide bonds. The minimum Gasteiger partial charge on any atom is -0.387 e. The third-order valence-corrected chi connectivity index (χ3v) is 5.43. The smallest absolute Gasteiger partial charge is 0.177 e. The normalized spacial score (nSPS) is 16.7. The number of hydrogen-bond donors (Lipinski definition) is 2. The molecule has 10 heteroatoms. The largest absolute Gasteiger partial charge is 0.387 e. The maximum atomic E-state index is 14.3. The van der Waals surface area contributed by atoms with Crippen molar-refractivity contribution in [1.82, 2.24) is 30.3 Å². The van der Waals surface area contributed by atoms with E-state index in [-0.39, 0.29) is 11.3 Å². The van der Waals surface area contributed by atoms with Crippen molar-refractivity contribution >= 4 is 18.4 Å². The summed E-state index contributed by atoms with van der Waals surface area (Å²) in [6, 6.07) is 10.2. The van der Waals surface area contributed by atoms with E-state index in [2.05, 4.69) is 25.3 Å². The number of benzene rings is 1. The van der Waals surface area contributed by atoms with Gasteiger partial charge in [-0.15, -0.1) is 22.8 Å². The number of aromatic nitrogens is 4. The van der Waals surface area contributed by atoms with Gasteiger partial charge in [-0.2, -0.15) is 5.26 Å². The van der Waals surface area contributed by atoms with Gasteiger partial charge in [-0.1, -0.05) is 5.59 Å². The van der Waals surface area contributed by atoms with Crippen LogP contribution in [0.15, 0.2) is 48.9 Å². The summed E-state index contributed by atoms with van der Waals surface area (Å²) in [5.41, 5.74) is 4.18. The van der Waals surface area contributed by atoms with Gasteiger partial charge in [-0.25, -0.2) is 4.39 Å². The third kappa shape index (κ3) is 3.28. The predicted molar refractivity (Wildman–Crippen MR) is 108 cm³/mol. The van der Waals surface area contributed by atoms with Crippen LogP contribution < -0.4 is 5.59 Å². The van der Waals surface area contributed by atoms with Crippen LogP contribution in [0.5, 0.6) is 0 Å². The van der Waals surface area contributed by atoms with Crippen molar-refractivity contribution in [1.29, 1.82) is 5.26 Å². The number of nitrogens with zero attached hydrogens (tertiary/aromatic N) is 6. The molecule has 2 aromatic heterocycles. The lowest BCUT2D eigenvalue weighted by molar-refractivity contribution is 0.0379. The van der Waals surface area contributed by atoms with Crippen molar-refractivity contribution < 1.29 is 9.23 Å². The van der Waals surface area contributed by atoms with E-state index < -0.39 is 11.2 Å². The molecule has 1 atom stereocenters. The van der Waals surface area contributed by atoms with Crippen LogP contribution in [0.1, 0.15) is 41.2 Å². The molecule has 1 saturated carbocycles. The van der Waals surface area contributed by atoms with Crippen molar-refractivity contribution in [3.63, 3.8) is 0 Å². The number of thiol groups is 1. The van der Waals surface area contributed by atoms with Crippen molar-refractivity contribution in [2.45, 2.75) is 24.3 Å². The number of hydrazine groups is 1. The maximum Gasteiger partial charge on any atom is 0.177 e. The lowest BCUT2D eigenvalue weighted by atomic mass is 10.1. The molecule has 150 valence electrons. The van der Waals surface area contributed by atoms with E-state index in [0.29, 0.717) is 17.4 Å². The first-order valence-electron chi connectivity index (χ1n) is 9.31. The SMILES string of the molecule is N#Cc1ccc(F)c(C2=CN(C(S)c3nnc(-c4ccncc4)n3C3CC3)NO2)c1. The van der Waals surface area contributed by atoms with Crippen LogP contribution in [-0.4, -0.2) is 24.8 Å². The van der Waals surface area contributed by atoms with E-state index >= 15 is 0 Å². The van der Waals surface area contributed by atoms with Gasteiger partial charge in [0.15, 0.2) is 22.8 Å². The van der Waals surface area contributed by atoms with Gasteiger partial charge in [0.2, 0.25) is 0 Å². The molecular weight excluding hydrogens is 405 g/mol. The molecule has 0 spiro atoms. The average Bonchev–Trinajstić information content (AvgIpc) is 3.33. The zero-order chi connectivity index (χ0) is 20.7. The van der Waals surface area contributed by atoms with Crippen LogP contribution >= 0.6 is 12.6 Å². The summed E-state index contributed by atoms with van der Waals surface area (Å²) in [5, 5.41) is 18.9. The molecule has 1 fully saturated rings. The fourth-order valence-electron chi connectivity index (χ4n) is 3.30.